The van der Waals surface area contributed by atoms with E-state index in [1.807, 2.05) is 0 Å². The summed E-state index contributed by atoms with van der Waals surface area (Å²) in [5.74, 6) is 1.44. The molecule has 0 aromatic rings. The molecule has 6 unspecified atom stereocenters. The van der Waals surface area contributed by atoms with Crippen molar-refractivity contribution in [3.05, 3.63) is 0 Å². The smallest absolute Gasteiger partial charge is 0.0765 e. The second kappa shape index (κ2) is 3.27. The van der Waals surface area contributed by atoms with Crippen LogP contribution in [0.15, 0.2) is 0 Å². The summed E-state index contributed by atoms with van der Waals surface area (Å²) in [5, 5.41) is 21.2. The van der Waals surface area contributed by atoms with Crippen molar-refractivity contribution in [2.45, 2.75) is 58.5 Å². The zero-order valence-corrected chi connectivity index (χ0v) is 11.4. The van der Waals surface area contributed by atoms with Crippen LogP contribution in [0.5, 0.6) is 0 Å². The molecule has 0 amide bonds. The molecule has 2 nitrogen and oxygen atoms in total. The monoisotopic (exact) mass is 238 g/mol. The maximum Gasteiger partial charge on any atom is 0.0765 e. The van der Waals surface area contributed by atoms with Crippen LogP contribution in [0, 0.1) is 28.6 Å². The maximum absolute atomic E-state index is 11.4. The molecular weight excluding hydrogens is 212 g/mol. The number of aliphatic hydroxyl groups is 2. The molecule has 3 aliphatic carbocycles. The predicted molar refractivity (Wildman–Crippen MR) is 67.5 cm³/mol. The Bertz CT molecular complexity index is 342. The molecule has 3 rings (SSSR count). The van der Waals surface area contributed by atoms with Gasteiger partial charge in [0.1, 0.15) is 0 Å². The Morgan fingerprint density at radius 1 is 1.18 bits per heavy atom. The third kappa shape index (κ3) is 1.19. The SMILES string of the molecule is CC1CCC2C(C)(CO)CC3(C)CCC1C23O. The van der Waals surface area contributed by atoms with Crippen LogP contribution in [-0.4, -0.2) is 22.4 Å². The molecule has 2 heteroatoms. The molecule has 0 bridgehead atoms. The summed E-state index contributed by atoms with van der Waals surface area (Å²) in [5.41, 5.74) is -0.501. The van der Waals surface area contributed by atoms with Gasteiger partial charge in [0.05, 0.1) is 5.60 Å². The molecule has 0 heterocycles. The average Bonchev–Trinajstić information content (AvgIpc) is 2.61. The lowest BCUT2D eigenvalue weighted by Gasteiger charge is -2.49. The molecule has 17 heavy (non-hydrogen) atoms. The molecule has 0 aromatic carbocycles. The van der Waals surface area contributed by atoms with Gasteiger partial charge >= 0.3 is 0 Å². The Hall–Kier alpha value is -0.0800. The lowest BCUT2D eigenvalue weighted by atomic mass is 9.60. The molecule has 3 fully saturated rings. The van der Waals surface area contributed by atoms with E-state index in [1.54, 1.807) is 0 Å². The Morgan fingerprint density at radius 2 is 1.88 bits per heavy atom. The lowest BCUT2D eigenvalue weighted by molar-refractivity contribution is -0.142. The number of hydrogen-bond acceptors (Lipinski definition) is 2. The summed E-state index contributed by atoms with van der Waals surface area (Å²) < 4.78 is 0. The Labute approximate surface area is 104 Å². The summed E-state index contributed by atoms with van der Waals surface area (Å²) in [6, 6.07) is 0. The van der Waals surface area contributed by atoms with E-state index < -0.39 is 5.60 Å². The van der Waals surface area contributed by atoms with Gasteiger partial charge < -0.3 is 10.2 Å². The number of aliphatic hydroxyl groups excluding tert-OH is 1. The zero-order valence-electron chi connectivity index (χ0n) is 11.4. The zero-order chi connectivity index (χ0) is 12.5. The molecule has 0 radical (unpaired) electrons. The summed E-state index contributed by atoms with van der Waals surface area (Å²) in [4.78, 5) is 0. The third-order valence-electron chi connectivity index (χ3n) is 6.66. The van der Waals surface area contributed by atoms with E-state index in [-0.39, 0.29) is 17.4 Å². The van der Waals surface area contributed by atoms with E-state index in [9.17, 15) is 10.2 Å². The van der Waals surface area contributed by atoms with Crippen molar-refractivity contribution in [1.82, 2.24) is 0 Å². The van der Waals surface area contributed by atoms with Crippen molar-refractivity contribution >= 4 is 0 Å². The summed E-state index contributed by atoms with van der Waals surface area (Å²) >= 11 is 0. The van der Waals surface area contributed by atoms with Crippen molar-refractivity contribution in [3.8, 4) is 0 Å². The quantitative estimate of drug-likeness (QED) is 0.737. The fraction of sp³-hybridized carbons (Fsp3) is 1.00. The van der Waals surface area contributed by atoms with Crippen LogP contribution in [0.3, 0.4) is 0 Å². The highest BCUT2D eigenvalue weighted by atomic mass is 16.3. The minimum absolute atomic E-state index is 0.0501. The average molecular weight is 238 g/mol. The van der Waals surface area contributed by atoms with Gasteiger partial charge in [-0.05, 0) is 60.7 Å². The first kappa shape index (κ1) is 12.0. The molecule has 0 spiro atoms. The van der Waals surface area contributed by atoms with Gasteiger partial charge in [0.2, 0.25) is 0 Å². The Kier molecular flexibility index (Phi) is 2.30. The molecule has 0 saturated heterocycles. The highest BCUT2D eigenvalue weighted by molar-refractivity contribution is 5.21. The first-order valence-corrected chi connectivity index (χ1v) is 7.21. The van der Waals surface area contributed by atoms with E-state index in [0.29, 0.717) is 17.8 Å². The largest absolute Gasteiger partial charge is 0.396 e. The molecular formula is C15H26O2. The number of hydrogen-bond donors (Lipinski definition) is 2. The summed E-state index contributed by atoms with van der Waals surface area (Å²) in [6.07, 6.45) is 5.65. The van der Waals surface area contributed by atoms with Gasteiger partial charge in [-0.3, -0.25) is 0 Å². The van der Waals surface area contributed by atoms with E-state index in [1.165, 1.54) is 12.8 Å². The minimum Gasteiger partial charge on any atom is -0.396 e. The predicted octanol–water partition coefficient (Wildman–Crippen LogP) is 2.58. The third-order valence-corrected chi connectivity index (χ3v) is 6.66. The van der Waals surface area contributed by atoms with E-state index in [4.69, 9.17) is 0 Å². The van der Waals surface area contributed by atoms with Gasteiger partial charge in [-0.1, -0.05) is 20.8 Å². The van der Waals surface area contributed by atoms with Crippen LogP contribution in [0.4, 0.5) is 0 Å². The van der Waals surface area contributed by atoms with Gasteiger partial charge in [-0.15, -0.1) is 0 Å². The van der Waals surface area contributed by atoms with Crippen molar-refractivity contribution < 1.29 is 10.2 Å². The Balaban J connectivity index is 2.08. The number of rotatable bonds is 1. The van der Waals surface area contributed by atoms with Crippen LogP contribution < -0.4 is 0 Å². The molecule has 0 aromatic heterocycles. The van der Waals surface area contributed by atoms with E-state index in [0.717, 1.165) is 19.3 Å². The summed E-state index contributed by atoms with van der Waals surface area (Å²) in [7, 11) is 0. The van der Waals surface area contributed by atoms with Gasteiger partial charge in [0.25, 0.3) is 0 Å². The molecule has 3 aliphatic rings. The van der Waals surface area contributed by atoms with Gasteiger partial charge in [0, 0.05) is 6.61 Å². The van der Waals surface area contributed by atoms with Crippen LogP contribution in [0.1, 0.15) is 52.9 Å². The fourth-order valence-corrected chi connectivity index (χ4v) is 5.88. The van der Waals surface area contributed by atoms with Crippen molar-refractivity contribution in [1.29, 1.82) is 0 Å². The highest BCUT2D eigenvalue weighted by Crippen LogP contribution is 2.71. The molecule has 0 aliphatic heterocycles. The minimum atomic E-state index is -0.498. The molecule has 2 N–H and O–H groups in total. The normalized spacial score (nSPS) is 61.6. The highest BCUT2D eigenvalue weighted by Gasteiger charge is 2.71. The molecule has 98 valence electrons. The summed E-state index contributed by atoms with van der Waals surface area (Å²) in [6.45, 7) is 6.99. The van der Waals surface area contributed by atoms with Crippen LogP contribution in [0.25, 0.3) is 0 Å². The van der Waals surface area contributed by atoms with Crippen molar-refractivity contribution in [2.24, 2.45) is 28.6 Å². The van der Waals surface area contributed by atoms with Crippen LogP contribution in [0.2, 0.25) is 0 Å². The first-order valence-electron chi connectivity index (χ1n) is 7.21. The Morgan fingerprint density at radius 3 is 2.53 bits per heavy atom. The van der Waals surface area contributed by atoms with Crippen LogP contribution in [-0.2, 0) is 0 Å². The van der Waals surface area contributed by atoms with E-state index in [2.05, 4.69) is 20.8 Å². The first-order chi connectivity index (χ1) is 7.87. The second-order valence-electron chi connectivity index (χ2n) is 7.63. The van der Waals surface area contributed by atoms with E-state index >= 15 is 0 Å². The molecule has 3 saturated carbocycles. The molecule has 6 atom stereocenters. The maximum atomic E-state index is 11.4. The van der Waals surface area contributed by atoms with Crippen molar-refractivity contribution in [3.63, 3.8) is 0 Å². The lowest BCUT2D eigenvalue weighted by Crippen LogP contribution is -2.53. The standard InChI is InChI=1S/C15H26O2/c1-10-4-5-12-13(2,9-16)8-14(3)7-6-11(10)15(12,14)17/h10-12,16-17H,4-9H2,1-3H3. The fourth-order valence-electron chi connectivity index (χ4n) is 5.88. The van der Waals surface area contributed by atoms with Gasteiger partial charge in [-0.25, -0.2) is 0 Å². The topological polar surface area (TPSA) is 40.5 Å². The van der Waals surface area contributed by atoms with Gasteiger partial charge in [0.15, 0.2) is 0 Å². The van der Waals surface area contributed by atoms with Crippen LogP contribution >= 0.6 is 0 Å². The van der Waals surface area contributed by atoms with Gasteiger partial charge in [-0.2, -0.15) is 0 Å². The van der Waals surface area contributed by atoms with Crippen molar-refractivity contribution in [2.75, 3.05) is 6.61 Å². The second-order valence-corrected chi connectivity index (χ2v) is 7.63.